The summed E-state index contributed by atoms with van der Waals surface area (Å²) in [5.74, 6) is -1.12. The van der Waals surface area contributed by atoms with Crippen LogP contribution < -0.4 is 0 Å². The molecule has 0 aliphatic heterocycles. The molecular formula is C31H43ClO9. The fourth-order valence-electron chi connectivity index (χ4n) is 7.94. The summed E-state index contributed by atoms with van der Waals surface area (Å²) in [5, 5.41) is 11.8. The number of rotatable bonds is 10. The van der Waals surface area contributed by atoms with Crippen LogP contribution >= 0.6 is 11.6 Å². The van der Waals surface area contributed by atoms with E-state index in [-0.39, 0.29) is 43.7 Å². The molecular weight excluding hydrogens is 552 g/mol. The van der Waals surface area contributed by atoms with Crippen molar-refractivity contribution in [2.45, 2.75) is 102 Å². The summed E-state index contributed by atoms with van der Waals surface area (Å²) in [5.41, 5.74) is -2.58. The number of ketones is 2. The fourth-order valence-corrected chi connectivity index (χ4v) is 8.46. The molecule has 0 amide bonds. The molecule has 0 aromatic heterocycles. The van der Waals surface area contributed by atoms with Crippen LogP contribution in [0, 0.1) is 22.7 Å². The Kier molecular flexibility index (Phi) is 9.29. The SMILES string of the molecule is CCCCOC(=O)OCC(=O)[C@@]1(OC(=O)OCCCC)CC[C@H]2[C@@H]3CCC4=CC(=O)C=C[C@]4(C)[C@@]3(Cl)C(O)C[C@@]21C. The van der Waals surface area contributed by atoms with Gasteiger partial charge in [-0.1, -0.05) is 52.2 Å². The molecule has 0 radical (unpaired) electrons. The van der Waals surface area contributed by atoms with Gasteiger partial charge < -0.3 is 24.1 Å². The van der Waals surface area contributed by atoms with Gasteiger partial charge in [0.05, 0.1) is 24.2 Å². The van der Waals surface area contributed by atoms with E-state index in [2.05, 4.69) is 0 Å². The molecule has 4 aliphatic rings. The number of Topliss-reactive ketones (excluding diaryl/α,β-unsaturated/α-hetero) is 1. The number of carbonyl (C=O) groups is 4. The van der Waals surface area contributed by atoms with E-state index in [9.17, 15) is 24.3 Å². The zero-order valence-corrected chi connectivity index (χ0v) is 25.3. The van der Waals surface area contributed by atoms with Crippen LogP contribution in [0.3, 0.4) is 0 Å². The molecule has 1 N–H and O–H groups in total. The van der Waals surface area contributed by atoms with Crippen molar-refractivity contribution in [3.05, 3.63) is 23.8 Å². The second-order valence-corrected chi connectivity index (χ2v) is 13.0. The van der Waals surface area contributed by atoms with Crippen LogP contribution in [-0.2, 0) is 28.5 Å². The number of aliphatic hydroxyl groups excluding tert-OH is 1. The molecule has 3 saturated carbocycles. The molecule has 9 nitrogen and oxygen atoms in total. The van der Waals surface area contributed by atoms with E-state index in [0.717, 1.165) is 18.4 Å². The van der Waals surface area contributed by atoms with Crippen LogP contribution in [0.1, 0.15) is 85.5 Å². The Morgan fingerprint density at radius 3 is 2.32 bits per heavy atom. The number of hydrogen-bond donors (Lipinski definition) is 1. The van der Waals surface area contributed by atoms with Gasteiger partial charge in [-0.3, -0.25) is 9.59 Å². The van der Waals surface area contributed by atoms with Gasteiger partial charge in [0, 0.05) is 10.8 Å². The molecule has 7 atom stereocenters. The van der Waals surface area contributed by atoms with Gasteiger partial charge in [-0.25, -0.2) is 9.59 Å². The third-order valence-electron chi connectivity index (χ3n) is 10.2. The van der Waals surface area contributed by atoms with Gasteiger partial charge >= 0.3 is 12.3 Å². The van der Waals surface area contributed by atoms with Gasteiger partial charge in [-0.2, -0.15) is 0 Å². The number of halogens is 1. The number of aliphatic hydroxyl groups is 1. The van der Waals surface area contributed by atoms with E-state index < -0.39 is 52.1 Å². The first-order valence-electron chi connectivity index (χ1n) is 14.9. The van der Waals surface area contributed by atoms with Gasteiger partial charge in [0.25, 0.3) is 0 Å². The summed E-state index contributed by atoms with van der Waals surface area (Å²) in [6, 6.07) is 0. The third-order valence-corrected chi connectivity index (χ3v) is 11.2. The lowest BCUT2D eigenvalue weighted by molar-refractivity contribution is -0.179. The molecule has 41 heavy (non-hydrogen) atoms. The molecule has 0 aromatic rings. The highest BCUT2D eigenvalue weighted by Gasteiger charge is 2.74. The Morgan fingerprint density at radius 2 is 1.66 bits per heavy atom. The van der Waals surface area contributed by atoms with Gasteiger partial charge in [0.2, 0.25) is 5.78 Å². The summed E-state index contributed by atoms with van der Waals surface area (Å²) in [6.45, 7) is 7.42. The van der Waals surface area contributed by atoms with Crippen LogP contribution in [0.5, 0.6) is 0 Å². The largest absolute Gasteiger partial charge is 0.509 e. The molecule has 0 spiro atoms. The zero-order chi connectivity index (χ0) is 30.1. The van der Waals surface area contributed by atoms with Gasteiger partial charge in [-0.15, -0.1) is 11.6 Å². The van der Waals surface area contributed by atoms with E-state index in [0.29, 0.717) is 32.1 Å². The van der Waals surface area contributed by atoms with Crippen LogP contribution in [0.2, 0.25) is 0 Å². The molecule has 0 saturated heterocycles. The number of allylic oxidation sites excluding steroid dienone is 4. The second-order valence-electron chi connectivity index (χ2n) is 12.3. The highest BCUT2D eigenvalue weighted by Crippen LogP contribution is 2.71. The first-order valence-corrected chi connectivity index (χ1v) is 15.3. The minimum absolute atomic E-state index is 0.0667. The molecule has 4 rings (SSSR count). The Hall–Kier alpha value is -2.39. The van der Waals surface area contributed by atoms with Crippen molar-refractivity contribution < 1.29 is 43.2 Å². The number of fused-ring (bicyclic) bond motifs is 5. The number of carbonyl (C=O) groups excluding carboxylic acids is 4. The average molecular weight is 595 g/mol. The highest BCUT2D eigenvalue weighted by atomic mass is 35.5. The lowest BCUT2D eigenvalue weighted by Gasteiger charge is -2.63. The van der Waals surface area contributed by atoms with Crippen molar-refractivity contribution in [2.24, 2.45) is 22.7 Å². The lowest BCUT2D eigenvalue weighted by Crippen LogP contribution is -2.69. The summed E-state index contributed by atoms with van der Waals surface area (Å²) >= 11 is 7.49. The van der Waals surface area contributed by atoms with Crippen LogP contribution in [0.15, 0.2) is 23.8 Å². The van der Waals surface area contributed by atoms with Crippen molar-refractivity contribution in [1.29, 1.82) is 0 Å². The number of hydrogen-bond acceptors (Lipinski definition) is 9. The summed E-state index contributed by atoms with van der Waals surface area (Å²) in [4.78, 5) is 50.1. The van der Waals surface area contributed by atoms with Gasteiger partial charge in [-0.05, 0) is 68.9 Å². The summed E-state index contributed by atoms with van der Waals surface area (Å²) in [7, 11) is 0. The standard InChI is InChI=1S/C31H43ClO9/c1-5-7-15-38-26(36)40-19-25(35)30(41-27(37)39-16-8-6-2)14-12-22-23-10-9-20-17-21(33)11-13-28(20,3)31(23,32)24(34)18-29(22,30)4/h11,13,17,22-24,34H,5-10,12,14-16,18-19H2,1-4H3/t22-,23-,24?,28-,29-,30-,31-/m0/s1. The highest BCUT2D eigenvalue weighted by molar-refractivity contribution is 6.26. The fraction of sp³-hybridized carbons (Fsp3) is 0.742. The molecule has 4 aliphatic carbocycles. The maximum Gasteiger partial charge on any atom is 0.509 e. The monoisotopic (exact) mass is 594 g/mol. The van der Waals surface area contributed by atoms with E-state index in [1.807, 2.05) is 33.8 Å². The van der Waals surface area contributed by atoms with E-state index in [1.165, 1.54) is 6.08 Å². The minimum Gasteiger partial charge on any atom is -0.434 e. The van der Waals surface area contributed by atoms with E-state index in [4.69, 9.17) is 30.5 Å². The van der Waals surface area contributed by atoms with Crippen molar-refractivity contribution in [3.63, 3.8) is 0 Å². The Balaban J connectivity index is 1.65. The average Bonchev–Trinajstić information content (AvgIpc) is 3.21. The summed E-state index contributed by atoms with van der Waals surface area (Å²) in [6.07, 6.45) is 6.84. The lowest BCUT2D eigenvalue weighted by atomic mass is 9.45. The maximum atomic E-state index is 14.0. The molecule has 0 aromatic carbocycles. The Bertz CT molecular complexity index is 1120. The normalized spacial score (nSPS) is 37.3. The summed E-state index contributed by atoms with van der Waals surface area (Å²) < 4.78 is 21.5. The zero-order valence-electron chi connectivity index (χ0n) is 24.5. The maximum absolute atomic E-state index is 14.0. The van der Waals surface area contributed by atoms with Crippen molar-refractivity contribution in [2.75, 3.05) is 19.8 Å². The Morgan fingerprint density at radius 1 is 1.00 bits per heavy atom. The number of ether oxygens (including phenoxy) is 4. The quantitative estimate of drug-likeness (QED) is 0.188. The Labute approximate surface area is 246 Å². The van der Waals surface area contributed by atoms with E-state index >= 15 is 0 Å². The van der Waals surface area contributed by atoms with Crippen molar-refractivity contribution >= 4 is 35.5 Å². The van der Waals surface area contributed by atoms with Crippen molar-refractivity contribution in [3.8, 4) is 0 Å². The van der Waals surface area contributed by atoms with Gasteiger partial charge in [0.15, 0.2) is 18.0 Å². The first-order chi connectivity index (χ1) is 19.4. The molecule has 0 heterocycles. The minimum atomic E-state index is -1.70. The molecule has 1 unspecified atom stereocenters. The van der Waals surface area contributed by atoms with Crippen LogP contribution in [-0.4, -0.2) is 65.4 Å². The smallest absolute Gasteiger partial charge is 0.434 e. The van der Waals surface area contributed by atoms with Gasteiger partial charge in [0.1, 0.15) is 0 Å². The van der Waals surface area contributed by atoms with Crippen LogP contribution in [0.25, 0.3) is 0 Å². The van der Waals surface area contributed by atoms with Crippen molar-refractivity contribution in [1.82, 2.24) is 0 Å². The molecule has 228 valence electrons. The molecule has 3 fully saturated rings. The topological polar surface area (TPSA) is 125 Å². The molecule has 0 bridgehead atoms. The number of alkyl halides is 1. The number of unbranched alkanes of at least 4 members (excludes halogenated alkanes) is 2. The predicted octanol–water partition coefficient (Wildman–Crippen LogP) is 5.84. The third kappa shape index (κ3) is 5.22. The first kappa shape index (κ1) is 31.5. The van der Waals surface area contributed by atoms with Crippen LogP contribution in [0.4, 0.5) is 9.59 Å². The van der Waals surface area contributed by atoms with E-state index in [1.54, 1.807) is 6.08 Å². The second kappa shape index (κ2) is 12.1. The molecule has 10 heteroatoms. The predicted molar refractivity (Wildman–Crippen MR) is 150 cm³/mol.